The maximum atomic E-state index is 12.7. The van der Waals surface area contributed by atoms with Crippen LogP contribution in [0.25, 0.3) is 6.08 Å². The van der Waals surface area contributed by atoms with Crippen LogP contribution in [0.5, 0.6) is 0 Å². The zero-order valence-electron chi connectivity index (χ0n) is 18.7. The number of aromatic nitrogens is 2. The van der Waals surface area contributed by atoms with Gasteiger partial charge in [-0.15, -0.1) is 0 Å². The maximum Gasteiger partial charge on any atom is 0.328 e. The van der Waals surface area contributed by atoms with Crippen molar-refractivity contribution in [1.82, 2.24) is 9.55 Å². The Morgan fingerprint density at radius 2 is 1.68 bits per heavy atom. The minimum absolute atomic E-state index is 0.108. The summed E-state index contributed by atoms with van der Waals surface area (Å²) < 4.78 is 13.8. The molecule has 1 fully saturated rings. The molecule has 34 heavy (non-hydrogen) atoms. The third kappa shape index (κ3) is 5.65. The topological polar surface area (TPSA) is 73.3 Å². The number of nitrogens with one attached hydrogen (secondary N) is 1. The predicted octanol–water partition coefficient (Wildman–Crippen LogP) is 4.67. The Morgan fingerprint density at radius 1 is 1.03 bits per heavy atom. The Balaban J connectivity index is 1.55. The molecule has 0 bridgehead atoms. The summed E-state index contributed by atoms with van der Waals surface area (Å²) >= 11 is 5.67. The fourth-order valence-electron chi connectivity index (χ4n) is 4.29. The van der Waals surface area contributed by atoms with Crippen molar-refractivity contribution in [2.75, 3.05) is 6.61 Å². The summed E-state index contributed by atoms with van der Waals surface area (Å²) in [6, 6.07) is 19.6. The fraction of sp³-hybridized carbons (Fsp3) is 0.259. The van der Waals surface area contributed by atoms with E-state index in [1.165, 1.54) is 22.4 Å². The molecular weight excluding hydrogens is 452 g/mol. The van der Waals surface area contributed by atoms with E-state index in [9.17, 15) is 9.59 Å². The molecule has 2 aromatic carbocycles. The molecule has 1 heterocycles. The molecule has 1 aliphatic carbocycles. The lowest BCUT2D eigenvalue weighted by atomic mass is 10.0. The van der Waals surface area contributed by atoms with Gasteiger partial charge in [0.2, 0.25) is 0 Å². The smallest absolute Gasteiger partial charge is 0.328 e. The molecule has 0 unspecified atom stereocenters. The molecule has 0 saturated heterocycles. The molecule has 6 nitrogen and oxygen atoms in total. The maximum absolute atomic E-state index is 12.7. The number of ether oxygens (including phenoxy) is 2. The van der Waals surface area contributed by atoms with E-state index in [4.69, 9.17) is 21.1 Å². The first-order valence-corrected chi connectivity index (χ1v) is 11.6. The van der Waals surface area contributed by atoms with E-state index in [1.807, 2.05) is 60.7 Å². The van der Waals surface area contributed by atoms with Crippen molar-refractivity contribution in [2.45, 2.75) is 31.8 Å². The predicted molar refractivity (Wildman–Crippen MR) is 134 cm³/mol. The molecule has 176 valence electrons. The first-order chi connectivity index (χ1) is 16.6. The van der Waals surface area contributed by atoms with Crippen molar-refractivity contribution in [2.24, 2.45) is 5.92 Å². The monoisotopic (exact) mass is 478 g/mol. The number of H-pyrrole nitrogens is 1. The van der Waals surface area contributed by atoms with Crippen LogP contribution in [0.4, 0.5) is 0 Å². The highest BCUT2D eigenvalue weighted by Crippen LogP contribution is 2.40. The Bertz CT molecular complexity index is 1250. The lowest BCUT2D eigenvalue weighted by molar-refractivity contribution is -0.0122. The van der Waals surface area contributed by atoms with Gasteiger partial charge >= 0.3 is 5.69 Å². The number of halogens is 1. The largest absolute Gasteiger partial charge is 0.376 e. The zero-order valence-corrected chi connectivity index (χ0v) is 19.5. The molecule has 0 aliphatic heterocycles. The van der Waals surface area contributed by atoms with Gasteiger partial charge < -0.3 is 9.47 Å². The summed E-state index contributed by atoms with van der Waals surface area (Å²) in [4.78, 5) is 27.1. The number of hydrogen-bond acceptors (Lipinski definition) is 4. The zero-order chi connectivity index (χ0) is 23.9. The summed E-state index contributed by atoms with van der Waals surface area (Å²) in [5.74, 6) is -0.108. The number of hydrogen-bond donors (Lipinski definition) is 1. The van der Waals surface area contributed by atoms with E-state index in [-0.39, 0.29) is 18.1 Å². The molecule has 7 heteroatoms. The molecule has 4 rings (SSSR count). The molecule has 0 spiro atoms. The molecule has 0 amide bonds. The highest BCUT2D eigenvalue weighted by atomic mass is 35.5. The summed E-state index contributed by atoms with van der Waals surface area (Å²) in [6.45, 7) is 5.64. The van der Waals surface area contributed by atoms with Crippen molar-refractivity contribution < 1.29 is 9.47 Å². The summed E-state index contributed by atoms with van der Waals surface area (Å²) in [6.07, 6.45) is 3.33. The van der Waals surface area contributed by atoms with Crippen LogP contribution in [0.1, 0.15) is 29.2 Å². The second-order valence-electron chi connectivity index (χ2n) is 8.31. The van der Waals surface area contributed by atoms with Gasteiger partial charge in [0.15, 0.2) is 0 Å². The van der Waals surface area contributed by atoms with Gasteiger partial charge in [-0.1, -0.05) is 78.8 Å². The van der Waals surface area contributed by atoms with Crippen molar-refractivity contribution >= 4 is 17.7 Å². The van der Waals surface area contributed by atoms with E-state index in [2.05, 4.69) is 11.6 Å². The lowest BCUT2D eigenvalue weighted by Crippen LogP contribution is -2.33. The van der Waals surface area contributed by atoms with Crippen LogP contribution in [0.15, 0.2) is 94.1 Å². The van der Waals surface area contributed by atoms with Gasteiger partial charge in [0.1, 0.15) is 0 Å². The van der Waals surface area contributed by atoms with Crippen LogP contribution in [0, 0.1) is 5.92 Å². The molecule has 3 aromatic rings. The number of rotatable bonds is 9. The summed E-state index contributed by atoms with van der Waals surface area (Å²) in [5, 5.41) is 0. The average Bonchev–Trinajstić information content (AvgIpc) is 3.16. The van der Waals surface area contributed by atoms with Gasteiger partial charge in [0.25, 0.3) is 5.56 Å². The van der Waals surface area contributed by atoms with E-state index in [1.54, 1.807) is 0 Å². The second kappa shape index (κ2) is 11.3. The SMILES string of the molecule is C=C1[C@H](COCc2ccccc2)[C@@H](OCc2ccccc2)C[C@@H]1n1cc(/C=C/Cl)c(=O)[nH]c1=O. The number of benzene rings is 2. The van der Waals surface area contributed by atoms with Gasteiger partial charge in [-0.25, -0.2) is 4.79 Å². The van der Waals surface area contributed by atoms with Crippen LogP contribution >= 0.6 is 11.6 Å². The third-order valence-electron chi connectivity index (χ3n) is 6.10. The molecule has 0 radical (unpaired) electrons. The minimum Gasteiger partial charge on any atom is -0.376 e. The Kier molecular flexibility index (Phi) is 7.95. The van der Waals surface area contributed by atoms with Crippen LogP contribution < -0.4 is 11.2 Å². The van der Waals surface area contributed by atoms with Gasteiger partial charge in [-0.2, -0.15) is 0 Å². The van der Waals surface area contributed by atoms with Gasteiger partial charge in [0.05, 0.1) is 37.5 Å². The Hall–Kier alpha value is -3.19. The van der Waals surface area contributed by atoms with Crippen LogP contribution in [-0.2, 0) is 22.7 Å². The number of nitrogens with zero attached hydrogens (tertiary/aromatic N) is 1. The first kappa shape index (κ1) is 24.0. The lowest BCUT2D eigenvalue weighted by Gasteiger charge is -2.21. The Labute approximate surface area is 203 Å². The van der Waals surface area contributed by atoms with Gasteiger partial charge in [-0.05, 0) is 29.2 Å². The molecule has 3 atom stereocenters. The van der Waals surface area contributed by atoms with E-state index >= 15 is 0 Å². The van der Waals surface area contributed by atoms with Crippen molar-refractivity contribution in [3.8, 4) is 0 Å². The van der Waals surface area contributed by atoms with E-state index in [0.717, 1.165) is 16.7 Å². The highest BCUT2D eigenvalue weighted by Gasteiger charge is 2.40. The summed E-state index contributed by atoms with van der Waals surface area (Å²) in [5.41, 5.74) is 3.55. The molecule has 1 saturated carbocycles. The minimum atomic E-state index is -0.490. The van der Waals surface area contributed by atoms with E-state index < -0.39 is 11.2 Å². The van der Waals surface area contributed by atoms with Gasteiger partial charge in [-0.3, -0.25) is 14.3 Å². The first-order valence-electron chi connectivity index (χ1n) is 11.1. The molecule has 1 N–H and O–H groups in total. The Morgan fingerprint density at radius 3 is 2.32 bits per heavy atom. The van der Waals surface area contributed by atoms with Crippen LogP contribution in [0.2, 0.25) is 0 Å². The van der Waals surface area contributed by atoms with Gasteiger partial charge in [0, 0.05) is 17.6 Å². The number of aromatic amines is 1. The van der Waals surface area contributed by atoms with E-state index in [0.29, 0.717) is 31.8 Å². The quantitative estimate of drug-likeness (QED) is 0.454. The van der Waals surface area contributed by atoms with Crippen molar-refractivity contribution in [3.63, 3.8) is 0 Å². The standard InChI is InChI=1S/C27H27ClN2O4/c1-19-23(18-33-16-20-8-4-2-5-9-20)25(34-17-21-10-6-3-7-11-21)14-24(19)30-15-22(12-13-28)26(31)29-27(30)32/h2-13,15,23-25H,1,14,16-18H2,(H,29,31,32)/b13-12+/t23-,24-,25-/m0/s1. The van der Waals surface area contributed by atoms with Crippen molar-refractivity contribution in [3.05, 3.63) is 122 Å². The summed E-state index contributed by atoms with van der Waals surface area (Å²) in [7, 11) is 0. The third-order valence-corrected chi connectivity index (χ3v) is 6.22. The molecule has 1 aromatic heterocycles. The molecule has 1 aliphatic rings. The normalized spacial score (nSPS) is 20.3. The average molecular weight is 479 g/mol. The van der Waals surface area contributed by atoms with Crippen LogP contribution in [0.3, 0.4) is 0 Å². The van der Waals surface area contributed by atoms with Crippen LogP contribution in [-0.4, -0.2) is 22.3 Å². The second-order valence-corrected chi connectivity index (χ2v) is 8.56. The fourth-order valence-corrected chi connectivity index (χ4v) is 4.42. The molecular formula is C27H27ClN2O4. The van der Waals surface area contributed by atoms with Crippen molar-refractivity contribution in [1.29, 1.82) is 0 Å². The highest BCUT2D eigenvalue weighted by molar-refractivity contribution is 6.27.